The van der Waals surface area contributed by atoms with E-state index in [1.165, 1.54) is 33.6 Å². The maximum Gasteiger partial charge on any atom is 0.277 e. The fourth-order valence-corrected chi connectivity index (χ4v) is 17.8. The summed E-state index contributed by atoms with van der Waals surface area (Å²) in [4.78, 5) is 60.4. The smallest absolute Gasteiger partial charge is 0.277 e. The number of hydrogen-bond acceptors (Lipinski definition) is 17. The molecule has 1 N–H and O–H groups in total. The minimum Gasteiger partial charge on any atom is -0.493 e. The van der Waals surface area contributed by atoms with E-state index in [9.17, 15) is 49.0 Å². The molecular formula is C60H69N3O16S5. The fraction of sp³-hybridized carbons (Fsp3) is 0.433. The number of amides is 3. The fourth-order valence-electron chi connectivity index (χ4n) is 11.8. The molecular weight excluding hydrogens is 1180 g/mol. The summed E-state index contributed by atoms with van der Waals surface area (Å²) < 4.78 is 116. The van der Waals surface area contributed by atoms with Crippen LogP contribution >= 0.6 is 21.6 Å². The van der Waals surface area contributed by atoms with Gasteiger partial charge in [-0.25, -0.2) is 0 Å². The third-order valence-electron chi connectivity index (χ3n) is 16.2. The normalized spacial score (nSPS) is 18.8. The number of methoxy groups -OCH3 is 1. The Morgan fingerprint density at radius 1 is 0.726 bits per heavy atom. The van der Waals surface area contributed by atoms with Crippen molar-refractivity contribution in [1.29, 1.82) is 0 Å². The van der Waals surface area contributed by atoms with Crippen LogP contribution in [0.5, 0.6) is 17.2 Å². The zero-order chi connectivity index (χ0) is 60.6. The van der Waals surface area contributed by atoms with Gasteiger partial charge in [-0.05, 0) is 153 Å². The van der Waals surface area contributed by atoms with E-state index in [2.05, 4.69) is 4.18 Å². The Labute approximate surface area is 499 Å². The lowest BCUT2D eigenvalue weighted by atomic mass is 9.91. The summed E-state index contributed by atoms with van der Waals surface area (Å²) in [6, 6.07) is 25.7. The number of aryl methyl sites for hydroxylation is 1. The molecule has 0 aromatic heterocycles. The van der Waals surface area contributed by atoms with Crippen LogP contribution in [0.15, 0.2) is 91.0 Å². The van der Waals surface area contributed by atoms with Crippen LogP contribution in [0.4, 0.5) is 17.1 Å². The van der Waals surface area contributed by atoms with Crippen LogP contribution in [-0.2, 0) is 87.2 Å². The van der Waals surface area contributed by atoms with Gasteiger partial charge in [0.2, 0.25) is 5.91 Å². The maximum absolute atomic E-state index is 14.5. The number of para-hydroxylation sites is 2. The van der Waals surface area contributed by atoms with E-state index >= 15 is 0 Å². The summed E-state index contributed by atoms with van der Waals surface area (Å²) in [7, 11) is -4.49. The minimum atomic E-state index is -4.46. The quantitative estimate of drug-likeness (QED) is 0.0262. The van der Waals surface area contributed by atoms with E-state index in [0.717, 1.165) is 25.3 Å². The second kappa shape index (κ2) is 25.1. The van der Waals surface area contributed by atoms with Crippen molar-refractivity contribution in [1.82, 2.24) is 0 Å². The average molecular weight is 1250 g/mol. The molecule has 4 aliphatic rings. The van der Waals surface area contributed by atoms with Crippen molar-refractivity contribution in [2.45, 2.75) is 120 Å². The first kappa shape index (κ1) is 62.5. The summed E-state index contributed by atoms with van der Waals surface area (Å²) in [6.45, 7) is 7.24. The van der Waals surface area contributed by atoms with Gasteiger partial charge in [0.25, 0.3) is 42.2 Å². The molecule has 24 heteroatoms. The summed E-state index contributed by atoms with van der Waals surface area (Å²) in [5.74, 6) is -1.31. The average Bonchev–Trinajstić information content (AvgIpc) is 1.90. The number of ketones is 1. The molecule has 4 heterocycles. The highest BCUT2D eigenvalue weighted by Crippen LogP contribution is 2.45. The molecule has 0 saturated heterocycles. The van der Waals surface area contributed by atoms with Crippen molar-refractivity contribution in [2.24, 2.45) is 5.92 Å². The van der Waals surface area contributed by atoms with Crippen molar-refractivity contribution >= 4 is 92.5 Å². The molecule has 0 aliphatic carbocycles. The number of rotatable bonds is 24. The number of hydrogen-bond donors (Lipinski definition) is 1. The predicted molar refractivity (Wildman–Crippen MR) is 324 cm³/mol. The second-order valence-electron chi connectivity index (χ2n) is 22.2. The Bertz CT molecular complexity index is 3740. The first-order valence-electron chi connectivity index (χ1n) is 27.5. The van der Waals surface area contributed by atoms with E-state index in [1.807, 2.05) is 74.5 Å². The molecule has 84 heavy (non-hydrogen) atoms. The van der Waals surface area contributed by atoms with Crippen LogP contribution in [-0.4, -0.2) is 121 Å². The number of ether oxygens (including phenoxy) is 3. The first-order chi connectivity index (χ1) is 39.8. The molecule has 9 rings (SSSR count). The second-order valence-corrected chi connectivity index (χ2v) is 30.6. The lowest BCUT2D eigenvalue weighted by Crippen LogP contribution is -2.47. The van der Waals surface area contributed by atoms with Crippen molar-refractivity contribution in [3.05, 3.63) is 141 Å². The van der Waals surface area contributed by atoms with Crippen LogP contribution < -0.4 is 28.9 Å². The van der Waals surface area contributed by atoms with Gasteiger partial charge in [0, 0.05) is 70.5 Å². The molecule has 450 valence electrons. The topological polar surface area (TPSA) is 247 Å². The highest BCUT2D eigenvalue weighted by molar-refractivity contribution is 8.77. The zero-order valence-corrected chi connectivity index (χ0v) is 52.1. The number of nitrogens with zero attached hydrogens (tertiary/aromatic N) is 3. The third kappa shape index (κ3) is 13.3. The Morgan fingerprint density at radius 3 is 1.89 bits per heavy atom. The van der Waals surface area contributed by atoms with Crippen LogP contribution in [0.3, 0.4) is 0 Å². The molecule has 0 spiro atoms. The lowest BCUT2D eigenvalue weighted by molar-refractivity contribution is -0.119. The van der Waals surface area contributed by atoms with E-state index in [4.69, 9.17) is 18.4 Å². The molecule has 5 aromatic rings. The van der Waals surface area contributed by atoms with Crippen molar-refractivity contribution in [3.8, 4) is 17.2 Å². The van der Waals surface area contributed by atoms with E-state index in [1.54, 1.807) is 61.0 Å². The number of carbonyl (C=O) groups is 4. The number of anilines is 3. The van der Waals surface area contributed by atoms with Gasteiger partial charge in [0.1, 0.15) is 29.5 Å². The number of carbonyl (C=O) groups excluding carboxylic acids is 4. The molecule has 5 aromatic carbocycles. The van der Waals surface area contributed by atoms with Crippen LogP contribution in [0.2, 0.25) is 0 Å². The van der Waals surface area contributed by atoms with E-state index in [0.29, 0.717) is 86.8 Å². The van der Waals surface area contributed by atoms with Crippen molar-refractivity contribution in [2.75, 3.05) is 54.6 Å². The van der Waals surface area contributed by atoms with Gasteiger partial charge in [-0.1, -0.05) is 64.9 Å². The van der Waals surface area contributed by atoms with Crippen molar-refractivity contribution in [3.63, 3.8) is 0 Å². The van der Waals surface area contributed by atoms with Gasteiger partial charge in [-0.2, -0.15) is 25.3 Å². The summed E-state index contributed by atoms with van der Waals surface area (Å²) in [5, 5.41) is -2.35. The number of Topliss-reactive ketones (excluding diaryl/α,β-unsaturated/α-hetero) is 1. The molecule has 0 radical (unpaired) electrons. The monoisotopic (exact) mass is 1250 g/mol. The lowest BCUT2D eigenvalue weighted by Gasteiger charge is -2.28. The van der Waals surface area contributed by atoms with Gasteiger partial charge < -0.3 is 28.9 Å². The number of benzene rings is 5. The first-order valence-corrected chi connectivity index (χ1v) is 34.3. The Hall–Kier alpha value is -5.99. The van der Waals surface area contributed by atoms with Gasteiger partial charge in [0.05, 0.1) is 33.1 Å². The SMILES string of the molecule is CCC(=O)C(CCSSC(C)(C)CCC(=O)N(C)c1cc(COc2cc3c(cc2C)C(=O)N2c4ccccc4C[C@H]2C(S(=O)(=O)OC)C3)cc(COc2cc3c(cc2OC)C(=O)N2c4ccccc4C[C@H]2C(CS(=O)(=O)O)C3)c1)S(=O)(=O)OC. The van der Waals surface area contributed by atoms with Crippen LogP contribution in [0.25, 0.3) is 0 Å². The molecule has 0 saturated carbocycles. The van der Waals surface area contributed by atoms with Crippen LogP contribution in [0, 0.1) is 12.8 Å². The summed E-state index contributed by atoms with van der Waals surface area (Å²) >= 11 is 0. The van der Waals surface area contributed by atoms with Gasteiger partial charge in [-0.3, -0.25) is 32.1 Å². The third-order valence-corrected chi connectivity index (χ3v) is 23.8. The predicted octanol–water partition coefficient (Wildman–Crippen LogP) is 8.88. The highest BCUT2D eigenvalue weighted by atomic mass is 33.1. The standard InChI is InChI=1S/C60H69N3O16S5/c1-9-51(64)55(83(71,72)76-7)19-21-80-81-60(3,4)20-18-57(65)61(5)44-24-37(33-78-52-29-42-31-56(84(73,74)77-8)50-28-40-15-11-13-17-48(40)63(50)58(66)45(42)22-36(52)2)23-38(25-44)34-79-54-30-41-26-43(35-82(68,69)70)49-27-39-14-10-12-16-47(39)62(49)59(67)46(41)32-53(54)75-6/h10-17,22-25,29-30,32,43,49-50,55-56H,9,18-21,26-28,31,33-35H2,1-8H3,(H,68,69,70)/t43?,49-,50-,55?,56?/m0/s1. The molecule has 0 bridgehead atoms. The largest absolute Gasteiger partial charge is 0.493 e. The molecule has 19 nitrogen and oxygen atoms in total. The highest BCUT2D eigenvalue weighted by Gasteiger charge is 2.48. The zero-order valence-electron chi connectivity index (χ0n) is 48.0. The Morgan fingerprint density at radius 2 is 1.30 bits per heavy atom. The van der Waals surface area contributed by atoms with Gasteiger partial charge >= 0.3 is 0 Å². The van der Waals surface area contributed by atoms with Gasteiger partial charge in [-0.15, -0.1) is 0 Å². The molecule has 5 atom stereocenters. The summed E-state index contributed by atoms with van der Waals surface area (Å²) in [5.41, 5.74) is 7.04. The van der Waals surface area contributed by atoms with Crippen LogP contribution in [0.1, 0.15) is 106 Å². The van der Waals surface area contributed by atoms with Crippen molar-refractivity contribution < 1.29 is 71.6 Å². The van der Waals surface area contributed by atoms with E-state index in [-0.39, 0.29) is 74.5 Å². The molecule has 3 unspecified atom stereocenters. The number of fused-ring (bicyclic) bond motifs is 8. The molecule has 3 amide bonds. The Kier molecular flexibility index (Phi) is 18.7. The maximum atomic E-state index is 14.5. The van der Waals surface area contributed by atoms with Gasteiger partial charge in [0.15, 0.2) is 17.3 Å². The summed E-state index contributed by atoms with van der Waals surface area (Å²) in [6.07, 6.45) is 1.55. The van der Waals surface area contributed by atoms with E-state index < -0.39 is 75.1 Å². The Balaban J connectivity index is 0.990. The minimum absolute atomic E-state index is 0.0195. The molecule has 4 aliphatic heterocycles. The molecule has 0 fully saturated rings.